The Morgan fingerprint density at radius 2 is 1.71 bits per heavy atom. The molecule has 0 bridgehead atoms. The zero-order chi connectivity index (χ0) is 15.9. The SMILES string of the molecule is CCCCS(=O)(=O)C(C)C(NCCC)c1ccc(C)cc1. The zero-order valence-corrected chi connectivity index (χ0v) is 14.5. The van der Waals surface area contributed by atoms with Crippen molar-refractivity contribution in [3.63, 3.8) is 0 Å². The van der Waals surface area contributed by atoms with Gasteiger partial charge in [-0.3, -0.25) is 0 Å². The molecular weight excluding hydrogens is 282 g/mol. The molecule has 0 saturated heterocycles. The van der Waals surface area contributed by atoms with Gasteiger partial charge in [0.2, 0.25) is 0 Å². The molecule has 2 unspecified atom stereocenters. The van der Waals surface area contributed by atoms with Crippen molar-refractivity contribution in [2.75, 3.05) is 12.3 Å². The first kappa shape index (κ1) is 18.2. The van der Waals surface area contributed by atoms with Gasteiger partial charge in [-0.2, -0.15) is 0 Å². The van der Waals surface area contributed by atoms with Gasteiger partial charge >= 0.3 is 0 Å². The lowest BCUT2D eigenvalue weighted by Crippen LogP contribution is -2.37. The number of sulfone groups is 1. The van der Waals surface area contributed by atoms with Gasteiger partial charge in [-0.1, -0.05) is 50.1 Å². The van der Waals surface area contributed by atoms with Crippen LogP contribution in [0.15, 0.2) is 24.3 Å². The minimum absolute atomic E-state index is 0.132. The largest absolute Gasteiger partial charge is 0.309 e. The van der Waals surface area contributed by atoms with E-state index in [1.165, 1.54) is 5.56 Å². The summed E-state index contributed by atoms with van der Waals surface area (Å²) in [6.45, 7) is 8.81. The van der Waals surface area contributed by atoms with Crippen molar-refractivity contribution in [2.24, 2.45) is 0 Å². The lowest BCUT2D eigenvalue weighted by atomic mass is 10.0. The van der Waals surface area contributed by atoms with Gasteiger partial charge in [0.15, 0.2) is 9.84 Å². The normalized spacial score (nSPS) is 14.9. The van der Waals surface area contributed by atoms with Crippen LogP contribution in [0.3, 0.4) is 0 Å². The second kappa shape index (κ2) is 8.54. The number of nitrogens with one attached hydrogen (secondary N) is 1. The molecule has 1 rings (SSSR count). The topological polar surface area (TPSA) is 46.2 Å². The fraction of sp³-hybridized carbons (Fsp3) is 0.647. The van der Waals surface area contributed by atoms with E-state index < -0.39 is 15.1 Å². The average Bonchev–Trinajstić information content (AvgIpc) is 2.47. The highest BCUT2D eigenvalue weighted by molar-refractivity contribution is 7.92. The Balaban J connectivity index is 2.98. The molecule has 0 aliphatic rings. The van der Waals surface area contributed by atoms with Crippen LogP contribution in [0, 0.1) is 6.92 Å². The lowest BCUT2D eigenvalue weighted by molar-refractivity contribution is 0.497. The van der Waals surface area contributed by atoms with Crippen LogP contribution in [-0.4, -0.2) is 26.0 Å². The van der Waals surface area contributed by atoms with Crippen LogP contribution in [0.25, 0.3) is 0 Å². The fourth-order valence-corrected chi connectivity index (χ4v) is 4.10. The van der Waals surface area contributed by atoms with Crippen LogP contribution in [0.5, 0.6) is 0 Å². The Labute approximate surface area is 130 Å². The highest BCUT2D eigenvalue weighted by Crippen LogP contribution is 2.24. The van der Waals surface area contributed by atoms with Gasteiger partial charge in [0, 0.05) is 6.04 Å². The number of rotatable bonds is 9. The molecule has 0 aliphatic carbocycles. The first-order valence-electron chi connectivity index (χ1n) is 7.93. The van der Waals surface area contributed by atoms with Gasteiger partial charge in [0.25, 0.3) is 0 Å². The number of aryl methyl sites for hydroxylation is 1. The summed E-state index contributed by atoms with van der Waals surface area (Å²) in [5, 5.41) is 3.00. The summed E-state index contributed by atoms with van der Waals surface area (Å²) in [7, 11) is -3.07. The molecule has 0 amide bonds. The van der Waals surface area contributed by atoms with Gasteiger partial charge in [-0.15, -0.1) is 0 Å². The molecule has 21 heavy (non-hydrogen) atoms. The highest BCUT2D eigenvalue weighted by Gasteiger charge is 2.29. The third kappa shape index (κ3) is 5.44. The minimum Gasteiger partial charge on any atom is -0.309 e. The van der Waals surface area contributed by atoms with Crippen molar-refractivity contribution in [2.45, 2.75) is 58.2 Å². The third-order valence-electron chi connectivity index (χ3n) is 3.87. The molecule has 0 fully saturated rings. The van der Waals surface area contributed by atoms with E-state index >= 15 is 0 Å². The summed E-state index contributed by atoms with van der Waals surface area (Å²) < 4.78 is 25.0. The van der Waals surface area contributed by atoms with Gasteiger partial charge in [-0.05, 0) is 38.8 Å². The second-order valence-corrected chi connectivity index (χ2v) is 8.25. The fourth-order valence-electron chi connectivity index (χ4n) is 2.37. The van der Waals surface area contributed by atoms with E-state index in [4.69, 9.17) is 0 Å². The summed E-state index contributed by atoms with van der Waals surface area (Å²) in [6.07, 6.45) is 2.63. The molecule has 1 aromatic rings. The van der Waals surface area contributed by atoms with Crippen molar-refractivity contribution in [1.29, 1.82) is 0 Å². The van der Waals surface area contributed by atoms with E-state index in [9.17, 15) is 8.42 Å². The van der Waals surface area contributed by atoms with Crippen LogP contribution in [0.4, 0.5) is 0 Å². The molecule has 0 radical (unpaired) electrons. The van der Waals surface area contributed by atoms with E-state index in [1.807, 2.05) is 45.0 Å². The molecular formula is C17H29NO2S. The number of benzene rings is 1. The van der Waals surface area contributed by atoms with Gasteiger partial charge < -0.3 is 5.32 Å². The van der Waals surface area contributed by atoms with Crippen molar-refractivity contribution in [3.05, 3.63) is 35.4 Å². The predicted molar refractivity (Wildman–Crippen MR) is 90.4 cm³/mol. The van der Waals surface area contributed by atoms with Gasteiger partial charge in [0.05, 0.1) is 11.0 Å². The number of unbranched alkanes of at least 4 members (excludes halogenated alkanes) is 1. The maximum Gasteiger partial charge on any atom is 0.154 e. The molecule has 1 aromatic carbocycles. The summed E-state index contributed by atoms with van der Waals surface area (Å²) >= 11 is 0. The summed E-state index contributed by atoms with van der Waals surface area (Å²) in [5.41, 5.74) is 2.25. The van der Waals surface area contributed by atoms with Gasteiger partial charge in [0.1, 0.15) is 0 Å². The highest BCUT2D eigenvalue weighted by atomic mass is 32.2. The maximum atomic E-state index is 12.5. The molecule has 0 aliphatic heterocycles. The van der Waals surface area contributed by atoms with Crippen molar-refractivity contribution >= 4 is 9.84 Å². The molecule has 0 saturated carbocycles. The molecule has 4 heteroatoms. The van der Waals surface area contributed by atoms with Crippen molar-refractivity contribution < 1.29 is 8.42 Å². The van der Waals surface area contributed by atoms with Crippen LogP contribution in [0.1, 0.15) is 57.2 Å². The Morgan fingerprint density at radius 1 is 1.10 bits per heavy atom. The van der Waals surface area contributed by atoms with Crippen molar-refractivity contribution in [3.8, 4) is 0 Å². The van der Waals surface area contributed by atoms with Crippen LogP contribution < -0.4 is 5.32 Å². The van der Waals surface area contributed by atoms with Gasteiger partial charge in [-0.25, -0.2) is 8.42 Å². The molecule has 0 heterocycles. The standard InChI is InChI=1S/C17H29NO2S/c1-5-7-13-21(19,20)15(4)17(18-12-6-2)16-10-8-14(3)9-11-16/h8-11,15,17-18H,5-7,12-13H2,1-4H3. The molecule has 120 valence electrons. The Hall–Kier alpha value is -0.870. The Morgan fingerprint density at radius 3 is 2.24 bits per heavy atom. The predicted octanol–water partition coefficient (Wildman–Crippen LogP) is 3.64. The number of hydrogen-bond acceptors (Lipinski definition) is 3. The molecule has 0 aromatic heterocycles. The second-order valence-electron chi connectivity index (χ2n) is 5.77. The Bertz CT molecular complexity index is 508. The Kier molecular flexibility index (Phi) is 7.40. The summed E-state index contributed by atoms with van der Waals surface area (Å²) in [5.74, 6) is 0.279. The molecule has 3 nitrogen and oxygen atoms in total. The number of hydrogen-bond donors (Lipinski definition) is 1. The molecule has 0 spiro atoms. The van der Waals surface area contributed by atoms with Crippen LogP contribution >= 0.6 is 0 Å². The third-order valence-corrected chi connectivity index (χ3v) is 6.13. The lowest BCUT2D eigenvalue weighted by Gasteiger charge is -2.26. The van der Waals surface area contributed by atoms with E-state index in [1.54, 1.807) is 0 Å². The monoisotopic (exact) mass is 311 g/mol. The quantitative estimate of drug-likeness (QED) is 0.757. The smallest absolute Gasteiger partial charge is 0.154 e. The van der Waals surface area contributed by atoms with Crippen LogP contribution in [-0.2, 0) is 9.84 Å². The first-order valence-corrected chi connectivity index (χ1v) is 9.65. The minimum atomic E-state index is -3.07. The maximum absolute atomic E-state index is 12.5. The van der Waals surface area contributed by atoms with Crippen molar-refractivity contribution in [1.82, 2.24) is 5.32 Å². The average molecular weight is 311 g/mol. The molecule has 1 N–H and O–H groups in total. The summed E-state index contributed by atoms with van der Waals surface area (Å²) in [4.78, 5) is 0. The van der Waals surface area contributed by atoms with Crippen LogP contribution in [0.2, 0.25) is 0 Å². The first-order chi connectivity index (χ1) is 9.92. The van der Waals surface area contributed by atoms with E-state index in [2.05, 4.69) is 12.2 Å². The molecule has 2 atom stereocenters. The van der Waals surface area contributed by atoms with E-state index in [0.29, 0.717) is 0 Å². The summed E-state index contributed by atoms with van der Waals surface area (Å²) in [6, 6.07) is 8.03. The van der Waals surface area contributed by atoms with E-state index in [-0.39, 0.29) is 11.8 Å². The van der Waals surface area contributed by atoms with E-state index in [0.717, 1.165) is 31.4 Å². The zero-order valence-electron chi connectivity index (χ0n) is 13.7.